The van der Waals surface area contributed by atoms with E-state index in [0.29, 0.717) is 12.5 Å². The highest BCUT2D eigenvalue weighted by Gasteiger charge is 2.26. The molecule has 2 rings (SSSR count). The van der Waals surface area contributed by atoms with Gasteiger partial charge in [0.15, 0.2) is 5.96 Å². The zero-order valence-corrected chi connectivity index (χ0v) is 16.3. The molecule has 0 unspecified atom stereocenters. The van der Waals surface area contributed by atoms with Crippen LogP contribution in [0.15, 0.2) is 29.4 Å². The number of piperidine rings is 1. The topological polar surface area (TPSA) is 78.9 Å². The third-order valence-corrected chi connectivity index (χ3v) is 4.21. The number of likely N-dealkylation sites (tertiary alicyclic amines) is 1. The number of rotatable bonds is 4. The number of aliphatic imine (C=N–C) groups is 1. The second-order valence-corrected chi connectivity index (χ2v) is 7.54. The zero-order chi connectivity index (χ0) is 19.0. The van der Waals surface area contributed by atoms with Crippen LogP contribution in [0.4, 0.5) is 4.79 Å². The number of hydrogen-bond donors (Lipinski definition) is 2. The van der Waals surface area contributed by atoms with Crippen molar-refractivity contribution in [3.8, 4) is 0 Å². The van der Waals surface area contributed by atoms with Crippen LogP contribution in [0.3, 0.4) is 0 Å². The van der Waals surface area contributed by atoms with E-state index in [1.165, 1.54) is 0 Å². The minimum Gasteiger partial charge on any atom is -0.444 e. The number of carbonyl (C=O) groups is 1. The molecule has 26 heavy (non-hydrogen) atoms. The highest BCUT2D eigenvalue weighted by Crippen LogP contribution is 2.19. The van der Waals surface area contributed by atoms with Gasteiger partial charge in [-0.1, -0.05) is 6.07 Å². The first-order chi connectivity index (χ1) is 12.4. The van der Waals surface area contributed by atoms with Gasteiger partial charge in [0, 0.05) is 32.9 Å². The van der Waals surface area contributed by atoms with Gasteiger partial charge in [-0.25, -0.2) is 4.79 Å². The lowest BCUT2D eigenvalue weighted by Gasteiger charge is -2.33. The van der Waals surface area contributed by atoms with Crippen LogP contribution in [0.5, 0.6) is 0 Å². The van der Waals surface area contributed by atoms with Crippen LogP contribution in [0.1, 0.15) is 39.3 Å². The molecule has 7 heteroatoms. The van der Waals surface area contributed by atoms with Crippen LogP contribution < -0.4 is 10.6 Å². The Hall–Kier alpha value is -2.31. The lowest BCUT2D eigenvalue weighted by atomic mass is 9.97. The first-order valence-corrected chi connectivity index (χ1v) is 9.20. The van der Waals surface area contributed by atoms with Gasteiger partial charge < -0.3 is 20.3 Å². The standard InChI is InChI=1S/C19H31N5O2/c1-19(2,3)26-18(25)24-11-8-15(9-12-24)13-22-17(20-4)23-14-16-7-5-6-10-21-16/h5-7,10,15H,8-9,11-14H2,1-4H3,(H2,20,22,23). The van der Waals surface area contributed by atoms with Crippen molar-refractivity contribution in [3.63, 3.8) is 0 Å². The van der Waals surface area contributed by atoms with Gasteiger partial charge in [-0.3, -0.25) is 9.98 Å². The van der Waals surface area contributed by atoms with E-state index < -0.39 is 5.60 Å². The molecule has 1 saturated heterocycles. The summed E-state index contributed by atoms with van der Waals surface area (Å²) in [5.74, 6) is 1.28. The van der Waals surface area contributed by atoms with Gasteiger partial charge in [-0.05, 0) is 51.7 Å². The number of nitrogens with zero attached hydrogens (tertiary/aromatic N) is 3. The first kappa shape index (κ1) is 20.0. The van der Waals surface area contributed by atoms with Crippen molar-refractivity contribution in [1.82, 2.24) is 20.5 Å². The van der Waals surface area contributed by atoms with E-state index in [-0.39, 0.29) is 6.09 Å². The summed E-state index contributed by atoms with van der Waals surface area (Å²) in [5, 5.41) is 6.64. The summed E-state index contributed by atoms with van der Waals surface area (Å²) in [6.45, 7) is 8.63. The Balaban J connectivity index is 1.69. The summed E-state index contributed by atoms with van der Waals surface area (Å²) in [6, 6.07) is 5.85. The Labute approximate surface area is 156 Å². The average Bonchev–Trinajstić information content (AvgIpc) is 2.62. The quantitative estimate of drug-likeness (QED) is 0.636. The maximum atomic E-state index is 12.1. The Morgan fingerprint density at radius 3 is 2.62 bits per heavy atom. The molecule has 2 N–H and O–H groups in total. The second-order valence-electron chi connectivity index (χ2n) is 7.54. The van der Waals surface area contributed by atoms with Gasteiger partial charge in [0.05, 0.1) is 12.2 Å². The number of carbonyl (C=O) groups excluding carboxylic acids is 1. The average molecular weight is 361 g/mol. The molecule has 0 saturated carbocycles. The van der Waals surface area contributed by atoms with E-state index in [0.717, 1.165) is 44.1 Å². The molecule has 0 aromatic carbocycles. The lowest BCUT2D eigenvalue weighted by Crippen LogP contribution is -2.45. The van der Waals surface area contributed by atoms with E-state index in [2.05, 4.69) is 20.6 Å². The van der Waals surface area contributed by atoms with Crippen molar-refractivity contribution >= 4 is 12.1 Å². The van der Waals surface area contributed by atoms with E-state index in [1.807, 2.05) is 39.0 Å². The zero-order valence-electron chi connectivity index (χ0n) is 16.3. The molecular formula is C19H31N5O2. The summed E-state index contributed by atoms with van der Waals surface area (Å²) in [7, 11) is 1.76. The van der Waals surface area contributed by atoms with Gasteiger partial charge in [0.25, 0.3) is 0 Å². The molecule has 1 fully saturated rings. The van der Waals surface area contributed by atoms with Gasteiger partial charge >= 0.3 is 6.09 Å². The predicted octanol–water partition coefficient (Wildman–Crippen LogP) is 2.39. The van der Waals surface area contributed by atoms with Gasteiger partial charge in [0.2, 0.25) is 0 Å². The molecule has 144 valence electrons. The monoisotopic (exact) mass is 361 g/mol. The number of aromatic nitrogens is 1. The number of pyridine rings is 1. The summed E-state index contributed by atoms with van der Waals surface area (Å²) in [4.78, 5) is 22.5. The molecule has 1 aliphatic heterocycles. The maximum absolute atomic E-state index is 12.1. The van der Waals surface area contributed by atoms with Gasteiger partial charge in [-0.2, -0.15) is 0 Å². The smallest absolute Gasteiger partial charge is 0.410 e. The van der Waals surface area contributed by atoms with Crippen molar-refractivity contribution in [1.29, 1.82) is 0 Å². The van der Waals surface area contributed by atoms with Crippen LogP contribution in [0.2, 0.25) is 0 Å². The molecule has 1 amide bonds. The molecule has 1 aliphatic rings. The number of hydrogen-bond acceptors (Lipinski definition) is 4. The van der Waals surface area contributed by atoms with Gasteiger partial charge in [-0.15, -0.1) is 0 Å². The second kappa shape index (κ2) is 9.40. The number of guanidine groups is 1. The van der Waals surface area contributed by atoms with E-state index in [9.17, 15) is 4.79 Å². The number of amides is 1. The van der Waals surface area contributed by atoms with Crippen molar-refractivity contribution in [2.75, 3.05) is 26.7 Å². The molecule has 0 atom stereocenters. The Morgan fingerprint density at radius 2 is 2.04 bits per heavy atom. The first-order valence-electron chi connectivity index (χ1n) is 9.20. The van der Waals surface area contributed by atoms with E-state index in [4.69, 9.17) is 4.74 Å². The van der Waals surface area contributed by atoms with E-state index >= 15 is 0 Å². The van der Waals surface area contributed by atoms with Crippen molar-refractivity contribution in [2.24, 2.45) is 10.9 Å². The maximum Gasteiger partial charge on any atom is 0.410 e. The highest BCUT2D eigenvalue weighted by molar-refractivity contribution is 5.79. The largest absolute Gasteiger partial charge is 0.444 e. The fourth-order valence-corrected chi connectivity index (χ4v) is 2.78. The SMILES string of the molecule is CN=C(NCc1ccccn1)NCC1CCN(C(=O)OC(C)(C)C)CC1. The van der Waals surface area contributed by atoms with Gasteiger partial charge in [0.1, 0.15) is 5.60 Å². The third kappa shape index (κ3) is 6.90. The lowest BCUT2D eigenvalue weighted by molar-refractivity contribution is 0.0185. The Morgan fingerprint density at radius 1 is 1.31 bits per heavy atom. The number of ether oxygens (including phenoxy) is 1. The molecule has 0 spiro atoms. The van der Waals surface area contributed by atoms with Crippen molar-refractivity contribution < 1.29 is 9.53 Å². The molecule has 0 radical (unpaired) electrons. The summed E-state index contributed by atoms with van der Waals surface area (Å²) in [6.07, 6.45) is 3.50. The van der Waals surface area contributed by atoms with Crippen LogP contribution in [-0.4, -0.2) is 54.2 Å². The predicted molar refractivity (Wildman–Crippen MR) is 103 cm³/mol. The molecular weight excluding hydrogens is 330 g/mol. The molecule has 2 heterocycles. The highest BCUT2D eigenvalue weighted by atomic mass is 16.6. The minimum atomic E-state index is -0.443. The normalized spacial score (nSPS) is 16.3. The van der Waals surface area contributed by atoms with E-state index in [1.54, 1.807) is 18.1 Å². The van der Waals surface area contributed by atoms with Crippen LogP contribution in [-0.2, 0) is 11.3 Å². The molecule has 0 aliphatic carbocycles. The third-order valence-electron chi connectivity index (χ3n) is 4.21. The molecule has 0 bridgehead atoms. The summed E-state index contributed by atoms with van der Waals surface area (Å²) in [5.41, 5.74) is 0.530. The fraction of sp³-hybridized carbons (Fsp3) is 0.632. The van der Waals surface area contributed by atoms with Crippen LogP contribution in [0.25, 0.3) is 0 Å². The van der Waals surface area contributed by atoms with Crippen LogP contribution >= 0.6 is 0 Å². The Kier molecular flexibility index (Phi) is 7.24. The van der Waals surface area contributed by atoms with Crippen molar-refractivity contribution in [3.05, 3.63) is 30.1 Å². The summed E-state index contributed by atoms with van der Waals surface area (Å²) < 4.78 is 5.44. The minimum absolute atomic E-state index is 0.211. The Bertz CT molecular complexity index is 590. The summed E-state index contributed by atoms with van der Waals surface area (Å²) >= 11 is 0. The molecule has 1 aromatic rings. The number of nitrogens with one attached hydrogen (secondary N) is 2. The fourth-order valence-electron chi connectivity index (χ4n) is 2.78. The molecule has 7 nitrogen and oxygen atoms in total. The van der Waals surface area contributed by atoms with Crippen molar-refractivity contribution in [2.45, 2.75) is 45.8 Å². The molecule has 1 aromatic heterocycles. The van der Waals surface area contributed by atoms with Crippen LogP contribution in [0, 0.1) is 5.92 Å².